The Balaban J connectivity index is 1.54. The Labute approximate surface area is 151 Å². The molecule has 7 nitrogen and oxygen atoms in total. The van der Waals surface area contributed by atoms with Crippen molar-refractivity contribution in [2.24, 2.45) is 0 Å². The van der Waals surface area contributed by atoms with Crippen LogP contribution in [0.25, 0.3) is 0 Å². The van der Waals surface area contributed by atoms with E-state index >= 15 is 0 Å². The summed E-state index contributed by atoms with van der Waals surface area (Å²) in [5.41, 5.74) is 8.35. The third-order valence-corrected chi connectivity index (χ3v) is 5.21. The number of anilines is 2. The van der Waals surface area contributed by atoms with Crippen LogP contribution in [-0.2, 0) is 6.42 Å². The molecule has 8 heteroatoms. The quantitative estimate of drug-likeness (QED) is 0.576. The molecule has 1 aromatic heterocycles. The highest BCUT2D eigenvalue weighted by Crippen LogP contribution is 2.37. The maximum Gasteiger partial charge on any atom is 0.232 e. The topological polar surface area (TPSA) is 99.4 Å². The van der Waals surface area contributed by atoms with Crippen molar-refractivity contribution < 1.29 is 9.29 Å². The van der Waals surface area contributed by atoms with E-state index in [2.05, 4.69) is 51.3 Å². The van der Waals surface area contributed by atoms with Gasteiger partial charge < -0.3 is 25.2 Å². The molecule has 2 unspecified atom stereocenters. The third kappa shape index (κ3) is 4.20. The Morgan fingerprint density at radius 1 is 1.40 bits per heavy atom. The van der Waals surface area contributed by atoms with Crippen LogP contribution in [0.5, 0.6) is 5.75 Å². The molecule has 0 aliphatic heterocycles. The fourth-order valence-electron chi connectivity index (χ4n) is 3.32. The van der Waals surface area contributed by atoms with E-state index in [-0.39, 0.29) is 5.82 Å². The number of hydrogen-bond acceptors (Lipinski definition) is 7. The lowest BCUT2D eigenvalue weighted by Crippen LogP contribution is -2.24. The Morgan fingerprint density at radius 2 is 2.24 bits per heavy atom. The van der Waals surface area contributed by atoms with E-state index in [1.54, 1.807) is 0 Å². The van der Waals surface area contributed by atoms with Gasteiger partial charge in [0.25, 0.3) is 0 Å². The van der Waals surface area contributed by atoms with Gasteiger partial charge in [0.05, 0.1) is 6.61 Å². The molecule has 1 aliphatic carbocycles. The first-order valence-corrected chi connectivity index (χ1v) is 9.62. The van der Waals surface area contributed by atoms with E-state index in [4.69, 9.17) is 10.5 Å². The van der Waals surface area contributed by atoms with Gasteiger partial charge in [0.15, 0.2) is 11.1 Å². The zero-order chi connectivity index (χ0) is 17.8. The Bertz CT molecular complexity index is 719. The van der Waals surface area contributed by atoms with Crippen molar-refractivity contribution in [1.29, 1.82) is 0 Å². The molecular weight excluding hydrogens is 338 g/mol. The zero-order valence-electron chi connectivity index (χ0n) is 14.7. The summed E-state index contributed by atoms with van der Waals surface area (Å²) >= 11 is -1.58. The number of nitrogen functional groups attached to an aromatic ring is 1. The average molecular weight is 363 g/mol. The molecule has 136 valence electrons. The standard InChI is InChI=1S/C17H25N5O2S/c1-22(2)14-8-3-7-13-12(14)6-4-9-15(13)24-11-5-10-19-17-16(18)20-25(23)21-17/h4,6,9,14H,3,5,7-8,10-11H2,1-2H3,(H2,18,20)(H,19,21). The number of hydrogen-bond donors (Lipinski definition) is 2. The van der Waals surface area contributed by atoms with Gasteiger partial charge in [-0.05, 0) is 57.0 Å². The van der Waals surface area contributed by atoms with Crippen LogP contribution in [0.3, 0.4) is 0 Å². The minimum absolute atomic E-state index is 0.200. The summed E-state index contributed by atoms with van der Waals surface area (Å²) in [5.74, 6) is 1.60. The summed E-state index contributed by atoms with van der Waals surface area (Å²) in [6, 6.07) is 6.82. The number of nitrogens with one attached hydrogen (secondary N) is 1. The van der Waals surface area contributed by atoms with E-state index in [1.165, 1.54) is 24.0 Å². The molecule has 2 aromatic rings. The van der Waals surface area contributed by atoms with Gasteiger partial charge in [-0.3, -0.25) is 0 Å². The number of nitrogens with two attached hydrogens (primary N) is 1. The van der Waals surface area contributed by atoms with Gasteiger partial charge >= 0.3 is 0 Å². The smallest absolute Gasteiger partial charge is 0.232 e. The second-order valence-corrected chi connectivity index (χ2v) is 7.30. The van der Waals surface area contributed by atoms with Crippen molar-refractivity contribution in [2.75, 3.05) is 38.3 Å². The molecule has 3 rings (SSSR count). The molecule has 1 aromatic carbocycles. The maximum absolute atomic E-state index is 11.1. The number of benzene rings is 1. The Hall–Kier alpha value is -1.90. The van der Waals surface area contributed by atoms with Crippen molar-refractivity contribution in [3.05, 3.63) is 29.3 Å². The summed E-state index contributed by atoms with van der Waals surface area (Å²) < 4.78 is 24.6. The zero-order valence-corrected chi connectivity index (χ0v) is 15.5. The average Bonchev–Trinajstić information content (AvgIpc) is 2.91. The molecule has 0 saturated heterocycles. The number of nitrogens with zero attached hydrogens (tertiary/aromatic N) is 3. The minimum Gasteiger partial charge on any atom is -0.546 e. The number of aromatic nitrogens is 2. The lowest BCUT2D eigenvalue weighted by Gasteiger charge is -2.31. The van der Waals surface area contributed by atoms with E-state index < -0.39 is 11.1 Å². The molecule has 2 atom stereocenters. The van der Waals surface area contributed by atoms with Crippen molar-refractivity contribution >= 4 is 22.8 Å². The van der Waals surface area contributed by atoms with Gasteiger partial charge in [-0.2, -0.15) is 0 Å². The monoisotopic (exact) mass is 363 g/mol. The molecule has 0 fully saturated rings. The summed E-state index contributed by atoms with van der Waals surface area (Å²) in [7, 11) is 4.26. The second kappa shape index (κ2) is 7.99. The molecule has 0 amide bonds. The number of fused-ring (bicyclic) bond motifs is 1. The van der Waals surface area contributed by atoms with Gasteiger partial charge in [-0.1, -0.05) is 12.1 Å². The van der Waals surface area contributed by atoms with Crippen LogP contribution in [0.4, 0.5) is 11.6 Å². The molecular formula is C17H25N5O2S. The predicted octanol–water partition coefficient (Wildman–Crippen LogP) is 2.61. The van der Waals surface area contributed by atoms with Gasteiger partial charge in [0.2, 0.25) is 11.6 Å². The third-order valence-electron chi connectivity index (χ3n) is 4.52. The first kappa shape index (κ1) is 17.9. The minimum atomic E-state index is -1.58. The number of rotatable bonds is 7. The Kier molecular flexibility index (Phi) is 5.72. The van der Waals surface area contributed by atoms with E-state index in [0.29, 0.717) is 25.0 Å². The molecule has 0 radical (unpaired) electrons. The first-order chi connectivity index (χ1) is 12.1. The van der Waals surface area contributed by atoms with Crippen molar-refractivity contribution in [1.82, 2.24) is 13.6 Å². The highest BCUT2D eigenvalue weighted by atomic mass is 32.2. The normalized spacial score (nSPS) is 17.4. The lowest BCUT2D eigenvalue weighted by atomic mass is 9.86. The SMILES string of the molecule is CN(C)C1CCCc2c(OCCCNc3n[s+]([O-])nc3N)cccc21. The number of ether oxygens (including phenoxy) is 1. The second-order valence-electron chi connectivity index (χ2n) is 6.47. The van der Waals surface area contributed by atoms with Gasteiger partial charge in [0.1, 0.15) is 5.75 Å². The largest absolute Gasteiger partial charge is 0.546 e. The highest BCUT2D eigenvalue weighted by molar-refractivity contribution is 7.14. The summed E-state index contributed by atoms with van der Waals surface area (Å²) in [6.07, 6.45) is 4.25. The molecule has 0 spiro atoms. The Morgan fingerprint density at radius 3 is 2.96 bits per heavy atom. The fraction of sp³-hybridized carbons (Fsp3) is 0.529. The molecule has 1 heterocycles. The molecule has 0 bridgehead atoms. The van der Waals surface area contributed by atoms with E-state index in [9.17, 15) is 4.55 Å². The van der Waals surface area contributed by atoms with Crippen LogP contribution in [0.15, 0.2) is 18.2 Å². The summed E-state index contributed by atoms with van der Waals surface area (Å²) in [4.78, 5) is 2.28. The van der Waals surface area contributed by atoms with Crippen LogP contribution >= 0.6 is 11.1 Å². The van der Waals surface area contributed by atoms with Crippen LogP contribution in [0.2, 0.25) is 0 Å². The first-order valence-electron chi connectivity index (χ1n) is 8.56. The predicted molar refractivity (Wildman–Crippen MR) is 99.5 cm³/mol. The summed E-state index contributed by atoms with van der Waals surface area (Å²) in [6.45, 7) is 1.24. The van der Waals surface area contributed by atoms with Gasteiger partial charge in [-0.25, -0.2) is 0 Å². The molecule has 3 N–H and O–H groups in total. The van der Waals surface area contributed by atoms with E-state index in [0.717, 1.165) is 18.6 Å². The van der Waals surface area contributed by atoms with Crippen LogP contribution in [0, 0.1) is 0 Å². The van der Waals surface area contributed by atoms with Crippen molar-refractivity contribution in [3.63, 3.8) is 0 Å². The molecule has 1 aliphatic rings. The van der Waals surface area contributed by atoms with Crippen LogP contribution < -0.4 is 15.8 Å². The fourth-order valence-corrected chi connectivity index (χ4v) is 3.93. The summed E-state index contributed by atoms with van der Waals surface area (Å²) in [5, 5.41) is 3.05. The van der Waals surface area contributed by atoms with Gasteiger partial charge in [-0.15, -0.1) is 0 Å². The molecule has 25 heavy (non-hydrogen) atoms. The van der Waals surface area contributed by atoms with Crippen molar-refractivity contribution in [2.45, 2.75) is 31.7 Å². The highest BCUT2D eigenvalue weighted by Gasteiger charge is 2.24. The van der Waals surface area contributed by atoms with E-state index in [1.807, 2.05) is 0 Å². The van der Waals surface area contributed by atoms with Crippen molar-refractivity contribution in [3.8, 4) is 5.75 Å². The van der Waals surface area contributed by atoms with Gasteiger partial charge in [0, 0.05) is 21.3 Å². The van der Waals surface area contributed by atoms with Crippen LogP contribution in [0.1, 0.15) is 36.4 Å². The maximum atomic E-state index is 11.1. The van der Waals surface area contributed by atoms with Crippen LogP contribution in [-0.4, -0.2) is 45.4 Å². The lowest BCUT2D eigenvalue weighted by molar-refractivity contribution is 0.261. The molecule has 0 saturated carbocycles.